The Hall–Kier alpha value is -1.39. The largest absolute Gasteiger partial charge is 0.475 e. The van der Waals surface area contributed by atoms with Crippen molar-refractivity contribution >= 4 is 11.3 Å². The Morgan fingerprint density at radius 3 is 2.84 bits per heavy atom. The summed E-state index contributed by atoms with van der Waals surface area (Å²) in [7, 11) is 0. The molecule has 102 valence electrons. The van der Waals surface area contributed by atoms with Gasteiger partial charge >= 0.3 is 0 Å². The molecule has 0 aliphatic rings. The van der Waals surface area contributed by atoms with Crippen molar-refractivity contribution in [3.05, 3.63) is 46.3 Å². The quantitative estimate of drug-likeness (QED) is 0.872. The van der Waals surface area contributed by atoms with Crippen LogP contribution in [0.2, 0.25) is 0 Å². The monoisotopic (exact) mass is 276 g/mol. The summed E-state index contributed by atoms with van der Waals surface area (Å²) in [6, 6.07) is 6.48. The summed E-state index contributed by atoms with van der Waals surface area (Å²) in [6.07, 6.45) is 1.91. The highest BCUT2D eigenvalue weighted by Crippen LogP contribution is 2.19. The molecule has 0 aromatic carbocycles. The predicted molar refractivity (Wildman–Crippen MR) is 79.6 cm³/mol. The molecule has 19 heavy (non-hydrogen) atoms. The van der Waals surface area contributed by atoms with Crippen LogP contribution >= 0.6 is 11.3 Å². The van der Waals surface area contributed by atoms with E-state index in [9.17, 15) is 0 Å². The topological polar surface area (TPSA) is 34.1 Å². The van der Waals surface area contributed by atoms with Gasteiger partial charge in [-0.05, 0) is 49.2 Å². The molecule has 0 saturated carbocycles. The number of pyridine rings is 1. The lowest BCUT2D eigenvalue weighted by molar-refractivity contribution is 0.229. The maximum Gasteiger partial charge on any atom is 0.218 e. The first-order valence-electron chi connectivity index (χ1n) is 6.53. The molecule has 0 aliphatic heterocycles. The van der Waals surface area contributed by atoms with E-state index >= 15 is 0 Å². The Kier molecular flexibility index (Phi) is 4.93. The maximum absolute atomic E-state index is 5.72. The number of thiophene rings is 1. The van der Waals surface area contributed by atoms with Crippen LogP contribution in [0.1, 0.15) is 37.9 Å². The highest BCUT2D eigenvalue weighted by molar-refractivity contribution is 7.07. The van der Waals surface area contributed by atoms with Gasteiger partial charge in [0.25, 0.3) is 0 Å². The summed E-state index contributed by atoms with van der Waals surface area (Å²) >= 11 is 1.72. The minimum Gasteiger partial charge on any atom is -0.475 e. The summed E-state index contributed by atoms with van der Waals surface area (Å²) in [6.45, 7) is 6.95. The van der Waals surface area contributed by atoms with Crippen LogP contribution in [0.25, 0.3) is 0 Å². The SMILES string of the molecule is CC(C)Oc1ncccc1CNC(C)c1ccsc1. The zero-order chi connectivity index (χ0) is 13.7. The minimum atomic E-state index is 0.142. The molecular weight excluding hydrogens is 256 g/mol. The lowest BCUT2D eigenvalue weighted by Gasteiger charge is -2.16. The molecule has 3 nitrogen and oxygen atoms in total. The minimum absolute atomic E-state index is 0.142. The summed E-state index contributed by atoms with van der Waals surface area (Å²) in [4.78, 5) is 4.30. The second-order valence-electron chi connectivity index (χ2n) is 4.79. The fourth-order valence-electron chi connectivity index (χ4n) is 1.79. The zero-order valence-electron chi connectivity index (χ0n) is 11.6. The number of hydrogen-bond donors (Lipinski definition) is 1. The first kappa shape index (κ1) is 14.0. The normalized spacial score (nSPS) is 12.6. The van der Waals surface area contributed by atoms with Crippen LogP contribution in [0.5, 0.6) is 5.88 Å². The first-order chi connectivity index (χ1) is 9.16. The van der Waals surface area contributed by atoms with Crippen LogP contribution in [-0.4, -0.2) is 11.1 Å². The van der Waals surface area contributed by atoms with Crippen molar-refractivity contribution in [3.8, 4) is 5.88 Å². The summed E-state index contributed by atoms with van der Waals surface area (Å²) in [5.74, 6) is 0.725. The van der Waals surface area contributed by atoms with E-state index in [0.717, 1.165) is 18.0 Å². The molecule has 2 aromatic rings. The van der Waals surface area contributed by atoms with Crippen molar-refractivity contribution in [2.75, 3.05) is 0 Å². The van der Waals surface area contributed by atoms with Crippen LogP contribution in [0, 0.1) is 0 Å². The van der Waals surface area contributed by atoms with Gasteiger partial charge in [0.15, 0.2) is 0 Å². The van der Waals surface area contributed by atoms with Gasteiger partial charge < -0.3 is 10.1 Å². The fourth-order valence-corrected chi connectivity index (χ4v) is 2.54. The molecule has 2 aromatic heterocycles. The van der Waals surface area contributed by atoms with E-state index in [-0.39, 0.29) is 6.10 Å². The van der Waals surface area contributed by atoms with Crippen molar-refractivity contribution in [2.24, 2.45) is 0 Å². The van der Waals surface area contributed by atoms with Crippen LogP contribution in [0.15, 0.2) is 35.2 Å². The average Bonchev–Trinajstić information content (AvgIpc) is 2.90. The molecule has 0 saturated heterocycles. The molecule has 0 radical (unpaired) electrons. The molecule has 2 heterocycles. The van der Waals surface area contributed by atoms with E-state index < -0.39 is 0 Å². The summed E-state index contributed by atoms with van der Waals surface area (Å²) < 4.78 is 5.72. The maximum atomic E-state index is 5.72. The average molecular weight is 276 g/mol. The summed E-state index contributed by atoms with van der Waals surface area (Å²) in [5.41, 5.74) is 2.42. The van der Waals surface area contributed by atoms with Gasteiger partial charge in [-0.1, -0.05) is 6.07 Å². The van der Waals surface area contributed by atoms with Gasteiger partial charge in [-0.25, -0.2) is 4.98 Å². The van der Waals surface area contributed by atoms with Gasteiger partial charge in [-0.3, -0.25) is 0 Å². The Balaban J connectivity index is 1.99. The molecule has 0 bridgehead atoms. The second-order valence-corrected chi connectivity index (χ2v) is 5.57. The van der Waals surface area contributed by atoms with E-state index in [0.29, 0.717) is 6.04 Å². The Morgan fingerprint density at radius 2 is 2.16 bits per heavy atom. The molecule has 2 rings (SSSR count). The van der Waals surface area contributed by atoms with E-state index in [1.165, 1.54) is 5.56 Å². The van der Waals surface area contributed by atoms with Crippen molar-refractivity contribution in [2.45, 2.75) is 39.5 Å². The molecule has 1 unspecified atom stereocenters. The Morgan fingerprint density at radius 1 is 1.32 bits per heavy atom. The highest BCUT2D eigenvalue weighted by atomic mass is 32.1. The third-order valence-electron chi connectivity index (χ3n) is 2.84. The van der Waals surface area contributed by atoms with Crippen molar-refractivity contribution in [1.29, 1.82) is 0 Å². The van der Waals surface area contributed by atoms with E-state index in [2.05, 4.69) is 40.1 Å². The van der Waals surface area contributed by atoms with Crippen LogP contribution in [0.4, 0.5) is 0 Å². The van der Waals surface area contributed by atoms with E-state index in [1.54, 1.807) is 17.5 Å². The van der Waals surface area contributed by atoms with Crippen LogP contribution in [0.3, 0.4) is 0 Å². The summed E-state index contributed by atoms with van der Waals surface area (Å²) in [5, 5.41) is 7.78. The third kappa shape index (κ3) is 4.04. The van der Waals surface area contributed by atoms with E-state index in [4.69, 9.17) is 4.74 Å². The van der Waals surface area contributed by atoms with Gasteiger partial charge in [0, 0.05) is 24.3 Å². The molecule has 0 spiro atoms. The molecule has 0 aliphatic carbocycles. The van der Waals surface area contributed by atoms with Crippen molar-refractivity contribution < 1.29 is 4.74 Å². The molecule has 1 N–H and O–H groups in total. The number of nitrogens with zero attached hydrogens (tertiary/aromatic N) is 1. The van der Waals surface area contributed by atoms with Gasteiger partial charge in [0.2, 0.25) is 5.88 Å². The first-order valence-corrected chi connectivity index (χ1v) is 7.47. The van der Waals surface area contributed by atoms with Gasteiger partial charge in [0.1, 0.15) is 0 Å². The smallest absolute Gasteiger partial charge is 0.218 e. The van der Waals surface area contributed by atoms with Gasteiger partial charge in [0.05, 0.1) is 6.10 Å². The Labute approximate surface area is 118 Å². The third-order valence-corrected chi connectivity index (χ3v) is 3.54. The fraction of sp³-hybridized carbons (Fsp3) is 0.400. The molecule has 0 amide bonds. The van der Waals surface area contributed by atoms with E-state index in [1.807, 2.05) is 19.9 Å². The number of rotatable bonds is 6. The molecular formula is C15H20N2OS. The number of nitrogens with one attached hydrogen (secondary N) is 1. The highest BCUT2D eigenvalue weighted by Gasteiger charge is 2.09. The van der Waals surface area contributed by atoms with Crippen molar-refractivity contribution in [3.63, 3.8) is 0 Å². The lowest BCUT2D eigenvalue weighted by atomic mass is 10.1. The molecule has 4 heteroatoms. The second kappa shape index (κ2) is 6.68. The van der Waals surface area contributed by atoms with Gasteiger partial charge in [-0.2, -0.15) is 11.3 Å². The molecule has 1 atom stereocenters. The zero-order valence-corrected chi connectivity index (χ0v) is 12.4. The Bertz CT molecular complexity index is 497. The van der Waals surface area contributed by atoms with Gasteiger partial charge in [-0.15, -0.1) is 0 Å². The number of aromatic nitrogens is 1. The number of hydrogen-bond acceptors (Lipinski definition) is 4. The van der Waals surface area contributed by atoms with Crippen LogP contribution in [-0.2, 0) is 6.54 Å². The standard InChI is InChI=1S/C15H20N2OS/c1-11(2)18-15-13(5-4-7-16-15)9-17-12(3)14-6-8-19-10-14/h4-8,10-12,17H,9H2,1-3H3. The lowest BCUT2D eigenvalue weighted by Crippen LogP contribution is -2.19. The van der Waals surface area contributed by atoms with Crippen molar-refractivity contribution in [1.82, 2.24) is 10.3 Å². The molecule has 0 fully saturated rings. The number of ether oxygens (including phenoxy) is 1. The van der Waals surface area contributed by atoms with Crippen LogP contribution < -0.4 is 10.1 Å². The predicted octanol–water partition coefficient (Wildman–Crippen LogP) is 3.78.